The highest BCUT2D eigenvalue weighted by atomic mass is 35.5. The van der Waals surface area contributed by atoms with E-state index in [-0.39, 0.29) is 6.42 Å². The molecule has 0 fully saturated rings. The first-order chi connectivity index (χ1) is 15.0. The van der Waals surface area contributed by atoms with E-state index in [1.165, 1.54) is 15.8 Å². The fraction of sp³-hybridized carbons (Fsp3) is 0.115. The molecule has 5 aromatic rings. The van der Waals surface area contributed by atoms with E-state index < -0.39 is 5.97 Å². The number of hydrogen-bond donors (Lipinski definition) is 1. The molecule has 5 rings (SSSR count). The average molecular weight is 446 g/mol. The van der Waals surface area contributed by atoms with Crippen LogP contribution in [-0.2, 0) is 17.8 Å². The lowest BCUT2D eigenvalue weighted by Gasteiger charge is -2.08. The lowest BCUT2D eigenvalue weighted by atomic mass is 10.0. The number of aliphatic carboxylic acids is 1. The first-order valence-corrected chi connectivity index (χ1v) is 11.3. The van der Waals surface area contributed by atoms with Crippen molar-refractivity contribution in [3.05, 3.63) is 94.0 Å². The first kappa shape index (κ1) is 19.9. The van der Waals surface area contributed by atoms with Crippen LogP contribution in [0.4, 0.5) is 0 Å². The van der Waals surface area contributed by atoms with Gasteiger partial charge in [-0.3, -0.25) is 4.79 Å². The molecule has 0 saturated carbocycles. The summed E-state index contributed by atoms with van der Waals surface area (Å²) in [7, 11) is 0. The van der Waals surface area contributed by atoms with Crippen molar-refractivity contribution in [2.75, 3.05) is 0 Å². The Labute approximate surface area is 189 Å². The number of carboxylic acid groups (broad SMARTS) is 1. The molecule has 0 unspecified atom stereocenters. The maximum atomic E-state index is 11.4. The summed E-state index contributed by atoms with van der Waals surface area (Å²) in [5, 5.41) is 14.4. The van der Waals surface area contributed by atoms with Crippen molar-refractivity contribution < 1.29 is 9.90 Å². The summed E-state index contributed by atoms with van der Waals surface area (Å²) in [6.45, 7) is 2.74. The first-order valence-electron chi connectivity index (χ1n) is 10.0. The average Bonchev–Trinajstić information content (AvgIpc) is 3.29. The van der Waals surface area contributed by atoms with E-state index in [0.29, 0.717) is 6.54 Å². The summed E-state index contributed by atoms with van der Waals surface area (Å²) in [4.78, 5) is 11.4. The number of hydrogen-bond acceptors (Lipinski definition) is 2. The van der Waals surface area contributed by atoms with E-state index in [2.05, 4.69) is 53.3 Å². The maximum absolute atomic E-state index is 11.4. The number of benzene rings is 3. The number of aryl methyl sites for hydroxylation is 1. The van der Waals surface area contributed by atoms with E-state index >= 15 is 0 Å². The third-order valence-electron chi connectivity index (χ3n) is 5.65. The second-order valence-electron chi connectivity index (χ2n) is 7.85. The zero-order valence-corrected chi connectivity index (χ0v) is 18.5. The summed E-state index contributed by atoms with van der Waals surface area (Å²) in [5.41, 5.74) is 6.54. The third-order valence-corrected chi connectivity index (χ3v) is 6.90. The van der Waals surface area contributed by atoms with Gasteiger partial charge >= 0.3 is 5.97 Å². The summed E-state index contributed by atoms with van der Waals surface area (Å²) >= 11 is 7.94. The largest absolute Gasteiger partial charge is 0.481 e. The monoisotopic (exact) mass is 445 g/mol. The molecule has 0 aliphatic heterocycles. The molecular formula is C26H20ClNO2S. The predicted octanol–water partition coefficient (Wildman–Crippen LogP) is 7.16. The van der Waals surface area contributed by atoms with Crippen molar-refractivity contribution in [3.63, 3.8) is 0 Å². The van der Waals surface area contributed by atoms with Crippen LogP contribution in [0.15, 0.2) is 72.2 Å². The number of carboxylic acids is 1. The van der Waals surface area contributed by atoms with Gasteiger partial charge in [0, 0.05) is 33.4 Å². The van der Waals surface area contributed by atoms with Crippen molar-refractivity contribution in [1.82, 2.24) is 4.57 Å². The lowest BCUT2D eigenvalue weighted by molar-refractivity contribution is -0.136. The third kappa shape index (κ3) is 3.85. The molecule has 0 spiro atoms. The molecule has 2 heterocycles. The molecule has 31 heavy (non-hydrogen) atoms. The van der Waals surface area contributed by atoms with Crippen molar-refractivity contribution >= 4 is 49.9 Å². The molecule has 154 valence electrons. The fourth-order valence-corrected chi connectivity index (χ4v) is 5.19. The summed E-state index contributed by atoms with van der Waals surface area (Å²) in [5.74, 6) is -0.825. The molecule has 0 bridgehead atoms. The second kappa shape index (κ2) is 7.88. The zero-order chi connectivity index (χ0) is 21.5. The van der Waals surface area contributed by atoms with Crippen molar-refractivity contribution in [3.8, 4) is 11.1 Å². The van der Waals surface area contributed by atoms with Gasteiger partial charge in [0.15, 0.2) is 0 Å². The normalized spacial score (nSPS) is 11.4. The Kier molecular flexibility index (Phi) is 5.05. The molecular weight excluding hydrogens is 426 g/mol. The Balaban J connectivity index is 1.64. The molecule has 1 N–H and O–H groups in total. The van der Waals surface area contributed by atoms with Crippen LogP contribution >= 0.6 is 22.9 Å². The van der Waals surface area contributed by atoms with Gasteiger partial charge in [-0.15, -0.1) is 11.3 Å². The van der Waals surface area contributed by atoms with E-state index in [1.54, 1.807) is 11.3 Å². The predicted molar refractivity (Wildman–Crippen MR) is 129 cm³/mol. The van der Waals surface area contributed by atoms with Gasteiger partial charge in [0.25, 0.3) is 0 Å². The van der Waals surface area contributed by atoms with Gasteiger partial charge in [0.1, 0.15) is 0 Å². The van der Waals surface area contributed by atoms with Crippen LogP contribution in [0, 0.1) is 6.92 Å². The van der Waals surface area contributed by atoms with Crippen LogP contribution < -0.4 is 0 Å². The Morgan fingerprint density at radius 3 is 2.52 bits per heavy atom. The quantitative estimate of drug-likeness (QED) is 0.312. The van der Waals surface area contributed by atoms with Gasteiger partial charge in [0.05, 0.1) is 6.42 Å². The van der Waals surface area contributed by atoms with E-state index in [4.69, 9.17) is 11.6 Å². The Hall–Kier alpha value is -3.08. The molecule has 3 nitrogen and oxygen atoms in total. The topological polar surface area (TPSA) is 42.2 Å². The van der Waals surface area contributed by atoms with Crippen molar-refractivity contribution in [1.29, 1.82) is 0 Å². The smallest absolute Gasteiger partial charge is 0.307 e. The van der Waals surface area contributed by atoms with Crippen molar-refractivity contribution in [2.45, 2.75) is 19.9 Å². The molecule has 0 saturated heterocycles. The van der Waals surface area contributed by atoms with E-state index in [0.717, 1.165) is 38.0 Å². The van der Waals surface area contributed by atoms with Gasteiger partial charge in [-0.2, -0.15) is 0 Å². The number of fused-ring (bicyclic) bond motifs is 2. The van der Waals surface area contributed by atoms with Gasteiger partial charge in [0.2, 0.25) is 0 Å². The summed E-state index contributed by atoms with van der Waals surface area (Å²) in [6.07, 6.45) is 1.98. The highest BCUT2D eigenvalue weighted by Gasteiger charge is 2.14. The molecule has 2 aromatic heterocycles. The van der Waals surface area contributed by atoms with Gasteiger partial charge in [-0.05, 0) is 64.2 Å². The Morgan fingerprint density at radius 2 is 1.74 bits per heavy atom. The number of thiophene rings is 1. The van der Waals surface area contributed by atoms with E-state index in [9.17, 15) is 9.90 Å². The number of carbonyl (C=O) groups is 1. The Bertz CT molecular complexity index is 1430. The molecule has 5 heteroatoms. The number of aromatic nitrogens is 1. The SMILES string of the molecule is Cc1ccc(-c2ccc3c(CC(=O)O)cn(Cc4csc5ccc(Cl)cc45)c3c2)cc1. The molecule has 3 aromatic carbocycles. The second-order valence-corrected chi connectivity index (χ2v) is 9.20. The maximum Gasteiger partial charge on any atom is 0.307 e. The summed E-state index contributed by atoms with van der Waals surface area (Å²) < 4.78 is 3.36. The van der Waals surface area contributed by atoms with E-state index in [1.807, 2.05) is 30.5 Å². The highest BCUT2D eigenvalue weighted by Crippen LogP contribution is 2.32. The van der Waals surface area contributed by atoms with Crippen molar-refractivity contribution in [2.24, 2.45) is 0 Å². The number of halogens is 1. The minimum Gasteiger partial charge on any atom is -0.481 e. The molecule has 0 atom stereocenters. The van der Waals surface area contributed by atoms with Crippen LogP contribution in [0.2, 0.25) is 5.02 Å². The van der Waals surface area contributed by atoms with Gasteiger partial charge < -0.3 is 9.67 Å². The highest BCUT2D eigenvalue weighted by molar-refractivity contribution is 7.17. The fourth-order valence-electron chi connectivity index (χ4n) is 4.09. The summed E-state index contributed by atoms with van der Waals surface area (Å²) in [6, 6.07) is 20.7. The molecule has 0 radical (unpaired) electrons. The van der Waals surface area contributed by atoms with Gasteiger partial charge in [-0.1, -0.05) is 53.6 Å². The number of rotatable bonds is 5. The van der Waals surface area contributed by atoms with Crippen LogP contribution in [0.5, 0.6) is 0 Å². The van der Waals surface area contributed by atoms with Crippen LogP contribution in [-0.4, -0.2) is 15.6 Å². The molecule has 0 amide bonds. The minimum atomic E-state index is -0.825. The standard InChI is InChI=1S/C26H20ClNO2S/c1-16-2-4-17(5-3-16)18-6-8-22-19(11-26(29)30)13-28(24(22)10-18)14-20-15-31-25-9-7-21(27)12-23(20)25/h2-10,12-13,15H,11,14H2,1H3,(H,29,30). The molecule has 0 aliphatic carbocycles. The lowest BCUT2D eigenvalue weighted by Crippen LogP contribution is -2.00. The zero-order valence-electron chi connectivity index (χ0n) is 16.9. The van der Waals surface area contributed by atoms with Crippen LogP contribution in [0.1, 0.15) is 16.7 Å². The molecule has 0 aliphatic rings. The van der Waals surface area contributed by atoms with Crippen LogP contribution in [0.3, 0.4) is 0 Å². The van der Waals surface area contributed by atoms with Gasteiger partial charge in [-0.25, -0.2) is 0 Å². The number of nitrogens with zero attached hydrogens (tertiary/aromatic N) is 1. The minimum absolute atomic E-state index is 0.00356. The Morgan fingerprint density at radius 1 is 0.968 bits per heavy atom. The van der Waals surface area contributed by atoms with Crippen LogP contribution in [0.25, 0.3) is 32.1 Å².